The van der Waals surface area contributed by atoms with Gasteiger partial charge in [-0.25, -0.2) is 4.79 Å². The average Bonchev–Trinajstić information content (AvgIpc) is 2.27. The third-order valence-corrected chi connectivity index (χ3v) is 3.02. The fraction of sp³-hybridized carbons (Fsp3) is 0.923. The minimum absolute atomic E-state index is 0.105. The molecule has 94 valence electrons. The van der Waals surface area contributed by atoms with Crippen molar-refractivity contribution in [1.82, 2.24) is 4.90 Å². The summed E-state index contributed by atoms with van der Waals surface area (Å²) in [6, 6.07) is 0.415. The zero-order valence-electron chi connectivity index (χ0n) is 10.9. The second kappa shape index (κ2) is 6.77. The smallest absolute Gasteiger partial charge is 0.410 e. The molecule has 1 rings (SSSR count). The van der Waals surface area contributed by atoms with Crippen molar-refractivity contribution in [3.8, 4) is 0 Å². The molecule has 0 aliphatic carbocycles. The summed E-state index contributed by atoms with van der Waals surface area (Å²) in [5, 5.41) is 0. The first kappa shape index (κ1) is 13.3. The van der Waals surface area contributed by atoms with Crippen LogP contribution in [-0.4, -0.2) is 30.2 Å². The molecule has 1 aliphatic heterocycles. The predicted molar refractivity (Wildman–Crippen MR) is 65.4 cm³/mol. The molecule has 0 aromatic carbocycles. The molecule has 1 fully saturated rings. The maximum absolute atomic E-state index is 11.9. The molecule has 0 aromatic heterocycles. The third kappa shape index (κ3) is 4.03. The fourth-order valence-corrected chi connectivity index (χ4v) is 2.20. The summed E-state index contributed by atoms with van der Waals surface area (Å²) in [5.74, 6) is 0.415. The van der Waals surface area contributed by atoms with Crippen molar-refractivity contribution in [2.75, 3.05) is 13.2 Å². The second-order valence-electron chi connectivity index (χ2n) is 5.10. The largest absolute Gasteiger partial charge is 0.449 e. The van der Waals surface area contributed by atoms with Gasteiger partial charge in [0.1, 0.15) is 0 Å². The van der Waals surface area contributed by atoms with E-state index in [-0.39, 0.29) is 6.09 Å². The molecule has 0 saturated carbocycles. The number of ether oxygens (including phenoxy) is 1. The lowest BCUT2D eigenvalue weighted by Gasteiger charge is -2.35. The lowest BCUT2D eigenvalue weighted by Crippen LogP contribution is -2.44. The molecule has 1 atom stereocenters. The van der Waals surface area contributed by atoms with Crippen molar-refractivity contribution in [3.05, 3.63) is 0 Å². The average molecular weight is 227 g/mol. The van der Waals surface area contributed by atoms with Gasteiger partial charge >= 0.3 is 6.09 Å². The van der Waals surface area contributed by atoms with Gasteiger partial charge in [-0.2, -0.15) is 0 Å². The van der Waals surface area contributed by atoms with Crippen molar-refractivity contribution < 1.29 is 9.53 Å². The SMILES string of the molecule is CCC[C@@H]1CCCCN1C(=O)OCC(C)C. The van der Waals surface area contributed by atoms with Gasteiger partial charge in [0.25, 0.3) is 0 Å². The van der Waals surface area contributed by atoms with Gasteiger partial charge in [-0.15, -0.1) is 0 Å². The first-order chi connectivity index (χ1) is 7.65. The Balaban J connectivity index is 2.43. The van der Waals surface area contributed by atoms with Crippen LogP contribution in [0.25, 0.3) is 0 Å². The number of piperidine rings is 1. The fourth-order valence-electron chi connectivity index (χ4n) is 2.20. The van der Waals surface area contributed by atoms with Crippen molar-refractivity contribution in [1.29, 1.82) is 0 Å². The van der Waals surface area contributed by atoms with Gasteiger partial charge in [0.05, 0.1) is 6.61 Å². The molecule has 3 heteroatoms. The second-order valence-corrected chi connectivity index (χ2v) is 5.10. The van der Waals surface area contributed by atoms with E-state index in [9.17, 15) is 4.79 Å². The first-order valence-corrected chi connectivity index (χ1v) is 6.58. The van der Waals surface area contributed by atoms with Gasteiger partial charge in [-0.3, -0.25) is 0 Å². The number of hydrogen-bond donors (Lipinski definition) is 0. The van der Waals surface area contributed by atoms with E-state index in [1.165, 1.54) is 6.42 Å². The van der Waals surface area contributed by atoms with Gasteiger partial charge in [0.15, 0.2) is 0 Å². The molecule has 16 heavy (non-hydrogen) atoms. The molecular formula is C13H25NO2. The summed E-state index contributed by atoms with van der Waals surface area (Å²) in [5.41, 5.74) is 0. The number of hydrogen-bond acceptors (Lipinski definition) is 2. The van der Waals surface area contributed by atoms with Crippen LogP contribution in [0.3, 0.4) is 0 Å². The third-order valence-electron chi connectivity index (χ3n) is 3.02. The summed E-state index contributed by atoms with van der Waals surface area (Å²) in [6.45, 7) is 7.71. The highest BCUT2D eigenvalue weighted by Crippen LogP contribution is 2.21. The van der Waals surface area contributed by atoms with Gasteiger partial charge in [-0.1, -0.05) is 27.2 Å². The van der Waals surface area contributed by atoms with Crippen LogP contribution in [0.1, 0.15) is 52.9 Å². The Labute approximate surface area is 99.1 Å². The van der Waals surface area contributed by atoms with Crippen LogP contribution in [0.4, 0.5) is 4.79 Å². The Kier molecular flexibility index (Phi) is 5.64. The maximum atomic E-state index is 11.9. The van der Waals surface area contributed by atoms with E-state index in [1.807, 2.05) is 4.90 Å². The summed E-state index contributed by atoms with van der Waals surface area (Å²) in [7, 11) is 0. The van der Waals surface area contributed by atoms with Gasteiger partial charge in [-0.05, 0) is 31.6 Å². The first-order valence-electron chi connectivity index (χ1n) is 6.58. The molecule has 0 bridgehead atoms. The van der Waals surface area contributed by atoms with E-state index in [0.29, 0.717) is 18.6 Å². The van der Waals surface area contributed by atoms with Crippen molar-refractivity contribution in [2.45, 2.75) is 58.9 Å². The Morgan fingerprint density at radius 2 is 2.19 bits per heavy atom. The van der Waals surface area contributed by atoms with Gasteiger partial charge < -0.3 is 9.64 Å². The number of carbonyl (C=O) groups excluding carboxylic acids is 1. The molecule has 0 N–H and O–H groups in total. The summed E-state index contributed by atoms with van der Waals surface area (Å²) in [6.07, 6.45) is 5.65. The highest BCUT2D eigenvalue weighted by atomic mass is 16.6. The number of nitrogens with zero attached hydrogens (tertiary/aromatic N) is 1. The molecule has 1 aliphatic rings. The minimum Gasteiger partial charge on any atom is -0.449 e. The van der Waals surface area contributed by atoms with Crippen molar-refractivity contribution in [3.63, 3.8) is 0 Å². The van der Waals surface area contributed by atoms with Crippen LogP contribution >= 0.6 is 0 Å². The number of carbonyl (C=O) groups is 1. The molecule has 1 heterocycles. The molecular weight excluding hydrogens is 202 g/mol. The maximum Gasteiger partial charge on any atom is 0.410 e. The van der Waals surface area contributed by atoms with Gasteiger partial charge in [0, 0.05) is 12.6 Å². The normalized spacial score (nSPS) is 21.2. The molecule has 0 radical (unpaired) electrons. The van der Waals surface area contributed by atoms with E-state index >= 15 is 0 Å². The topological polar surface area (TPSA) is 29.5 Å². The molecule has 0 unspecified atom stereocenters. The highest BCUT2D eigenvalue weighted by Gasteiger charge is 2.26. The minimum atomic E-state index is -0.105. The van der Waals surface area contributed by atoms with Crippen LogP contribution < -0.4 is 0 Å². The van der Waals surface area contributed by atoms with Gasteiger partial charge in [0.2, 0.25) is 0 Å². The van der Waals surface area contributed by atoms with Crippen LogP contribution in [-0.2, 0) is 4.74 Å². The van der Waals surface area contributed by atoms with E-state index in [2.05, 4.69) is 20.8 Å². The molecule has 3 nitrogen and oxygen atoms in total. The zero-order valence-corrected chi connectivity index (χ0v) is 10.9. The lowest BCUT2D eigenvalue weighted by molar-refractivity contribution is 0.0633. The van der Waals surface area contributed by atoms with Crippen molar-refractivity contribution >= 4 is 6.09 Å². The van der Waals surface area contributed by atoms with Crippen LogP contribution in [0.2, 0.25) is 0 Å². The number of likely N-dealkylation sites (tertiary alicyclic amines) is 1. The highest BCUT2D eigenvalue weighted by molar-refractivity contribution is 5.68. The quantitative estimate of drug-likeness (QED) is 0.736. The zero-order chi connectivity index (χ0) is 12.0. The Morgan fingerprint density at radius 3 is 2.81 bits per heavy atom. The summed E-state index contributed by atoms with van der Waals surface area (Å²) in [4.78, 5) is 13.8. The van der Waals surface area contributed by atoms with Crippen LogP contribution in [0.5, 0.6) is 0 Å². The van der Waals surface area contributed by atoms with E-state index in [1.54, 1.807) is 0 Å². The van der Waals surface area contributed by atoms with Crippen LogP contribution in [0, 0.1) is 5.92 Å². The standard InChI is InChI=1S/C13H25NO2/c1-4-7-12-8-5-6-9-14(12)13(15)16-10-11(2)3/h11-12H,4-10H2,1-3H3/t12-/m1/s1. The Hall–Kier alpha value is -0.730. The lowest BCUT2D eigenvalue weighted by atomic mass is 9.99. The summed E-state index contributed by atoms with van der Waals surface area (Å²) < 4.78 is 5.31. The molecule has 0 spiro atoms. The number of amides is 1. The van der Waals surface area contributed by atoms with Crippen molar-refractivity contribution in [2.24, 2.45) is 5.92 Å². The monoisotopic (exact) mass is 227 g/mol. The van der Waals surface area contributed by atoms with E-state index in [0.717, 1.165) is 32.2 Å². The van der Waals surface area contributed by atoms with E-state index < -0.39 is 0 Å². The number of rotatable bonds is 4. The Bertz CT molecular complexity index is 214. The molecule has 0 aromatic rings. The van der Waals surface area contributed by atoms with E-state index in [4.69, 9.17) is 4.74 Å². The summed E-state index contributed by atoms with van der Waals surface area (Å²) >= 11 is 0. The Morgan fingerprint density at radius 1 is 1.44 bits per heavy atom. The predicted octanol–water partition coefficient (Wildman–Crippen LogP) is 3.43. The van der Waals surface area contributed by atoms with Crippen LogP contribution in [0.15, 0.2) is 0 Å². The molecule has 1 amide bonds. The molecule has 1 saturated heterocycles.